The van der Waals surface area contributed by atoms with Gasteiger partial charge in [0.2, 0.25) is 0 Å². The molecule has 0 spiro atoms. The van der Waals surface area contributed by atoms with Gasteiger partial charge in [-0.15, -0.1) is 0 Å². The SMILES string of the molecule is [2H]C([2H])([2H])C([2H])(c1cccc(Br)n1)C([2H])([2H])[2H]. The summed E-state index contributed by atoms with van der Waals surface area (Å²) < 4.78 is 51.8. The number of halogens is 1. The van der Waals surface area contributed by atoms with Gasteiger partial charge in [0.25, 0.3) is 0 Å². The minimum Gasteiger partial charge on any atom is -0.246 e. The molecule has 0 N–H and O–H groups in total. The first-order valence-electron chi connectivity index (χ1n) is 6.13. The van der Waals surface area contributed by atoms with Crippen LogP contribution in [-0.4, -0.2) is 4.98 Å². The quantitative estimate of drug-likeness (QED) is 0.645. The largest absolute Gasteiger partial charge is 0.246 e. The summed E-state index contributed by atoms with van der Waals surface area (Å²) in [5.41, 5.74) is -0.299. The van der Waals surface area contributed by atoms with Crippen LogP contribution < -0.4 is 0 Å². The van der Waals surface area contributed by atoms with Gasteiger partial charge in [0.05, 0.1) is 0 Å². The molecule has 0 aliphatic rings. The molecule has 54 valence electrons. The number of hydrogen-bond donors (Lipinski definition) is 0. The Hall–Kier alpha value is -0.370. The van der Waals surface area contributed by atoms with Gasteiger partial charge in [0.15, 0.2) is 0 Å². The predicted octanol–water partition coefficient (Wildman–Crippen LogP) is 2.97. The molecule has 1 heterocycles. The Morgan fingerprint density at radius 3 is 3.10 bits per heavy atom. The minimum absolute atomic E-state index is 0.292. The molecule has 0 amide bonds. The van der Waals surface area contributed by atoms with Gasteiger partial charge in [-0.05, 0) is 34.0 Å². The van der Waals surface area contributed by atoms with Crippen molar-refractivity contribution in [3.63, 3.8) is 0 Å². The van der Waals surface area contributed by atoms with E-state index in [2.05, 4.69) is 20.9 Å². The lowest BCUT2D eigenvalue weighted by Crippen LogP contribution is -1.90. The lowest BCUT2D eigenvalue weighted by Gasteiger charge is -2.02. The van der Waals surface area contributed by atoms with Crippen LogP contribution in [0, 0.1) is 0 Å². The molecule has 0 saturated carbocycles. The minimum atomic E-state index is -2.99. The summed E-state index contributed by atoms with van der Waals surface area (Å²) in [5.74, 6) is -2.73. The third kappa shape index (κ3) is 1.81. The Kier molecular flexibility index (Phi) is 0.817. The van der Waals surface area contributed by atoms with Crippen molar-refractivity contribution in [1.82, 2.24) is 4.98 Å². The maximum Gasteiger partial charge on any atom is 0.106 e. The van der Waals surface area contributed by atoms with Crippen molar-refractivity contribution in [2.24, 2.45) is 0 Å². The summed E-state index contributed by atoms with van der Waals surface area (Å²) in [4.78, 5) is 3.79. The Balaban J connectivity index is 3.46. The highest BCUT2D eigenvalue weighted by Gasteiger charge is 1.98. The Bertz CT molecular complexity index is 397. The van der Waals surface area contributed by atoms with Gasteiger partial charge in [-0.25, -0.2) is 4.98 Å². The van der Waals surface area contributed by atoms with Crippen LogP contribution in [-0.2, 0) is 0 Å². The summed E-state index contributed by atoms with van der Waals surface area (Å²) in [6.45, 7) is -5.99. The highest BCUT2D eigenvalue weighted by atomic mass is 79.9. The summed E-state index contributed by atoms with van der Waals surface area (Å²) >= 11 is 3.03. The van der Waals surface area contributed by atoms with Crippen LogP contribution in [0.1, 0.15) is 34.9 Å². The first-order valence-corrected chi connectivity index (χ1v) is 3.42. The fourth-order valence-corrected chi connectivity index (χ4v) is 0.891. The average Bonchev–Trinajstić information content (AvgIpc) is 2.12. The van der Waals surface area contributed by atoms with E-state index in [0.717, 1.165) is 0 Å². The van der Waals surface area contributed by atoms with Crippen LogP contribution in [0.2, 0.25) is 0 Å². The predicted molar refractivity (Wildman–Crippen MR) is 46.0 cm³/mol. The van der Waals surface area contributed by atoms with Gasteiger partial charge >= 0.3 is 0 Å². The standard InChI is InChI=1S/C8H10BrN/c1-6(2)7-4-3-5-8(9)10-7/h3-6H,1-2H3/i1D3,2D3,6D. The van der Waals surface area contributed by atoms with E-state index >= 15 is 0 Å². The average molecular weight is 207 g/mol. The molecule has 0 aliphatic carbocycles. The third-order valence-electron chi connectivity index (χ3n) is 0.971. The summed E-state index contributed by atoms with van der Waals surface area (Å²) in [6.07, 6.45) is 0. The van der Waals surface area contributed by atoms with Crippen molar-refractivity contribution in [2.75, 3.05) is 0 Å². The van der Waals surface area contributed by atoms with Crippen molar-refractivity contribution in [3.05, 3.63) is 28.5 Å². The maximum atomic E-state index is 7.85. The normalized spacial score (nSPS) is 24.3. The molecular formula is C8H10BrN. The monoisotopic (exact) mass is 206 g/mol. The second-order valence-corrected chi connectivity index (χ2v) is 2.53. The second-order valence-electron chi connectivity index (χ2n) is 1.72. The van der Waals surface area contributed by atoms with Gasteiger partial charge in [0.1, 0.15) is 4.60 Å². The number of nitrogens with zero attached hydrogens (tertiary/aromatic N) is 1. The second kappa shape index (κ2) is 3.15. The van der Waals surface area contributed by atoms with E-state index in [4.69, 9.17) is 9.60 Å². The zero-order valence-corrected chi connectivity index (χ0v) is 6.64. The molecule has 1 aromatic heterocycles. The van der Waals surface area contributed by atoms with Crippen LogP contribution >= 0.6 is 15.9 Å². The van der Waals surface area contributed by atoms with Crippen LogP contribution in [0.25, 0.3) is 0 Å². The Morgan fingerprint density at radius 2 is 2.50 bits per heavy atom. The lowest BCUT2D eigenvalue weighted by molar-refractivity contribution is 0.818. The van der Waals surface area contributed by atoms with E-state index in [0.29, 0.717) is 4.60 Å². The van der Waals surface area contributed by atoms with E-state index in [1.165, 1.54) is 18.2 Å². The van der Waals surface area contributed by atoms with Gasteiger partial charge in [-0.1, -0.05) is 19.8 Å². The van der Waals surface area contributed by atoms with Gasteiger partial charge in [-0.3, -0.25) is 0 Å². The van der Waals surface area contributed by atoms with E-state index in [-0.39, 0.29) is 5.69 Å². The van der Waals surface area contributed by atoms with Gasteiger partial charge in [-0.2, -0.15) is 0 Å². The molecule has 0 saturated heterocycles. The molecule has 10 heavy (non-hydrogen) atoms. The molecule has 0 radical (unpaired) electrons. The fourth-order valence-electron chi connectivity index (χ4n) is 0.548. The Morgan fingerprint density at radius 1 is 1.70 bits per heavy atom. The van der Waals surface area contributed by atoms with Crippen molar-refractivity contribution < 1.29 is 9.60 Å². The summed E-state index contributed by atoms with van der Waals surface area (Å²) in [7, 11) is 0. The van der Waals surface area contributed by atoms with Crippen molar-refractivity contribution in [1.29, 1.82) is 0 Å². The fraction of sp³-hybridized carbons (Fsp3) is 0.375. The molecule has 1 rings (SSSR count). The molecule has 0 aromatic carbocycles. The molecule has 0 fully saturated rings. The molecule has 2 heteroatoms. The van der Waals surface area contributed by atoms with E-state index in [9.17, 15) is 0 Å². The Labute approximate surface area is 79.4 Å². The number of rotatable bonds is 1. The third-order valence-corrected chi connectivity index (χ3v) is 1.41. The van der Waals surface area contributed by atoms with Crippen LogP contribution in [0.5, 0.6) is 0 Å². The van der Waals surface area contributed by atoms with Crippen LogP contribution in [0.4, 0.5) is 0 Å². The zero-order chi connectivity index (χ0) is 13.5. The molecule has 0 unspecified atom stereocenters. The summed E-state index contributed by atoms with van der Waals surface area (Å²) in [6, 6.07) is 4.21. The van der Waals surface area contributed by atoms with Crippen LogP contribution in [0.3, 0.4) is 0 Å². The smallest absolute Gasteiger partial charge is 0.106 e. The van der Waals surface area contributed by atoms with Crippen molar-refractivity contribution >= 4 is 15.9 Å². The molecule has 0 bridgehead atoms. The van der Waals surface area contributed by atoms with Crippen molar-refractivity contribution in [3.8, 4) is 0 Å². The molecule has 1 nitrogen and oxygen atoms in total. The summed E-state index contributed by atoms with van der Waals surface area (Å²) in [5, 5.41) is 0. The highest BCUT2D eigenvalue weighted by molar-refractivity contribution is 9.10. The first kappa shape index (κ1) is 2.59. The number of hydrogen-bond acceptors (Lipinski definition) is 1. The van der Waals surface area contributed by atoms with Crippen LogP contribution in [0.15, 0.2) is 22.8 Å². The molecule has 1 aromatic rings. The topological polar surface area (TPSA) is 12.9 Å². The van der Waals surface area contributed by atoms with Gasteiger partial charge < -0.3 is 0 Å². The van der Waals surface area contributed by atoms with E-state index in [1.807, 2.05) is 0 Å². The molecular weight excluding hydrogens is 190 g/mol. The maximum absolute atomic E-state index is 7.85. The van der Waals surface area contributed by atoms with E-state index < -0.39 is 19.6 Å². The number of pyridine rings is 1. The highest BCUT2D eigenvalue weighted by Crippen LogP contribution is 2.13. The van der Waals surface area contributed by atoms with Gasteiger partial charge in [0, 0.05) is 15.3 Å². The first-order chi connectivity index (χ1) is 7.50. The molecule has 0 aliphatic heterocycles. The lowest BCUT2D eigenvalue weighted by atomic mass is 10.1. The van der Waals surface area contributed by atoms with E-state index in [1.54, 1.807) is 0 Å². The van der Waals surface area contributed by atoms with Crippen molar-refractivity contribution in [2.45, 2.75) is 19.6 Å². The molecule has 0 atom stereocenters. The number of aromatic nitrogens is 1. The zero-order valence-electron chi connectivity index (χ0n) is 12.1.